The standard InChI is InChI=1S/C25H33F3N4O3/c1-24(2)16-31(9-11-35-24)23(33)32-14-18(17-4-6-20(7-5-17)25(26,27)28)12-19(15-32)22-13-21(29-30-22)8-10-34-3/h4-7,13,18-19H,8-12,14-16H2,1-3H3,(H,29,30). The van der Waals surface area contributed by atoms with Crippen LogP contribution in [0.2, 0.25) is 0 Å². The first-order valence-electron chi connectivity index (χ1n) is 11.9. The molecule has 2 atom stereocenters. The lowest BCUT2D eigenvalue weighted by atomic mass is 9.82. The number of alkyl halides is 3. The number of hydrogen-bond donors (Lipinski definition) is 1. The lowest BCUT2D eigenvalue weighted by molar-refractivity contribution is -0.137. The number of morpholine rings is 1. The van der Waals surface area contributed by atoms with Gasteiger partial charge in [0.05, 0.1) is 36.6 Å². The van der Waals surface area contributed by atoms with Gasteiger partial charge in [-0.15, -0.1) is 0 Å². The Kier molecular flexibility index (Phi) is 7.42. The molecule has 1 aromatic carbocycles. The third kappa shape index (κ3) is 6.16. The highest BCUT2D eigenvalue weighted by molar-refractivity contribution is 5.75. The monoisotopic (exact) mass is 494 g/mol. The van der Waals surface area contributed by atoms with Crippen molar-refractivity contribution in [1.29, 1.82) is 0 Å². The third-order valence-electron chi connectivity index (χ3n) is 6.77. The Morgan fingerprint density at radius 2 is 1.91 bits per heavy atom. The topological polar surface area (TPSA) is 70.7 Å². The average Bonchev–Trinajstić information content (AvgIpc) is 3.30. The molecule has 2 aromatic rings. The van der Waals surface area contributed by atoms with E-state index in [-0.39, 0.29) is 17.9 Å². The van der Waals surface area contributed by atoms with Gasteiger partial charge >= 0.3 is 12.2 Å². The van der Waals surface area contributed by atoms with Crippen LogP contribution in [0, 0.1) is 0 Å². The first kappa shape index (κ1) is 25.5. The van der Waals surface area contributed by atoms with Crippen molar-refractivity contribution in [2.45, 2.75) is 50.3 Å². The summed E-state index contributed by atoms with van der Waals surface area (Å²) in [7, 11) is 1.64. The molecule has 2 saturated heterocycles. The van der Waals surface area contributed by atoms with Crippen molar-refractivity contribution >= 4 is 6.03 Å². The van der Waals surface area contributed by atoms with E-state index in [1.807, 2.05) is 29.7 Å². The molecular weight excluding hydrogens is 461 g/mol. The van der Waals surface area contributed by atoms with Gasteiger partial charge in [-0.1, -0.05) is 12.1 Å². The first-order chi connectivity index (χ1) is 16.6. The van der Waals surface area contributed by atoms with Crippen molar-refractivity contribution in [3.63, 3.8) is 0 Å². The second-order valence-corrected chi connectivity index (χ2v) is 10.0. The minimum absolute atomic E-state index is 0.0402. The Balaban J connectivity index is 1.57. The summed E-state index contributed by atoms with van der Waals surface area (Å²) < 4.78 is 50.2. The van der Waals surface area contributed by atoms with E-state index in [0.717, 1.165) is 29.1 Å². The summed E-state index contributed by atoms with van der Waals surface area (Å²) in [5.41, 5.74) is 1.50. The predicted octanol–water partition coefficient (Wildman–Crippen LogP) is 4.42. The van der Waals surface area contributed by atoms with Crippen LogP contribution in [0.3, 0.4) is 0 Å². The molecule has 2 aliphatic rings. The van der Waals surface area contributed by atoms with Gasteiger partial charge in [-0.2, -0.15) is 18.3 Å². The first-order valence-corrected chi connectivity index (χ1v) is 11.9. The molecule has 7 nitrogen and oxygen atoms in total. The van der Waals surface area contributed by atoms with Crippen LogP contribution in [0.4, 0.5) is 18.0 Å². The number of nitrogens with one attached hydrogen (secondary N) is 1. The van der Waals surface area contributed by atoms with E-state index in [1.54, 1.807) is 7.11 Å². The van der Waals surface area contributed by atoms with Crippen LogP contribution in [0.1, 0.15) is 54.6 Å². The SMILES string of the molecule is COCCc1cc(C2CC(c3ccc(C(F)(F)F)cc3)CN(C(=O)N3CCOC(C)(C)C3)C2)n[nH]1. The minimum Gasteiger partial charge on any atom is -0.384 e. The number of nitrogens with zero attached hydrogens (tertiary/aromatic N) is 3. The Morgan fingerprint density at radius 1 is 1.20 bits per heavy atom. The number of H-pyrrole nitrogens is 1. The zero-order chi connectivity index (χ0) is 25.2. The highest BCUT2D eigenvalue weighted by Crippen LogP contribution is 2.37. The van der Waals surface area contributed by atoms with Gasteiger partial charge in [0.1, 0.15) is 0 Å². The zero-order valence-electron chi connectivity index (χ0n) is 20.4. The summed E-state index contributed by atoms with van der Waals surface area (Å²) in [5, 5.41) is 7.55. The lowest BCUT2D eigenvalue weighted by Gasteiger charge is -2.43. The number of methoxy groups -OCH3 is 1. The minimum atomic E-state index is -4.38. The number of urea groups is 1. The second kappa shape index (κ2) is 10.2. The highest BCUT2D eigenvalue weighted by atomic mass is 19.4. The van der Waals surface area contributed by atoms with Crippen molar-refractivity contribution in [2.24, 2.45) is 0 Å². The van der Waals surface area contributed by atoms with Crippen LogP contribution >= 0.6 is 0 Å². The number of aromatic nitrogens is 2. The van der Waals surface area contributed by atoms with Crippen LogP contribution in [-0.4, -0.2) is 78.1 Å². The van der Waals surface area contributed by atoms with Gasteiger partial charge < -0.3 is 19.3 Å². The van der Waals surface area contributed by atoms with Crippen LogP contribution in [0.5, 0.6) is 0 Å². The summed E-state index contributed by atoms with van der Waals surface area (Å²) >= 11 is 0. The second-order valence-electron chi connectivity index (χ2n) is 10.0. The molecule has 0 spiro atoms. The lowest BCUT2D eigenvalue weighted by Crippen LogP contribution is -2.56. The van der Waals surface area contributed by atoms with E-state index in [0.29, 0.717) is 52.2 Å². The molecule has 2 unspecified atom stereocenters. The number of benzene rings is 1. The molecular formula is C25H33F3N4O3. The van der Waals surface area contributed by atoms with Crippen LogP contribution < -0.4 is 0 Å². The molecule has 2 amide bonds. The maximum atomic E-state index is 13.5. The number of ether oxygens (including phenoxy) is 2. The molecule has 2 fully saturated rings. The summed E-state index contributed by atoms with van der Waals surface area (Å²) in [6.07, 6.45) is -2.99. The van der Waals surface area contributed by atoms with Crippen molar-refractivity contribution in [3.05, 3.63) is 52.8 Å². The quantitative estimate of drug-likeness (QED) is 0.668. The zero-order valence-corrected chi connectivity index (χ0v) is 20.4. The fourth-order valence-corrected chi connectivity index (χ4v) is 4.96. The molecule has 35 heavy (non-hydrogen) atoms. The molecule has 0 aliphatic carbocycles. The van der Waals surface area contributed by atoms with E-state index in [4.69, 9.17) is 9.47 Å². The smallest absolute Gasteiger partial charge is 0.384 e. The number of carbonyl (C=O) groups excluding carboxylic acids is 1. The molecule has 1 N–H and O–H groups in total. The molecule has 3 heterocycles. The van der Waals surface area contributed by atoms with Gasteiger partial charge in [0, 0.05) is 50.7 Å². The third-order valence-corrected chi connectivity index (χ3v) is 6.77. The Labute approximate surface area is 203 Å². The average molecular weight is 495 g/mol. The fourth-order valence-electron chi connectivity index (χ4n) is 4.96. The number of rotatable bonds is 5. The van der Waals surface area contributed by atoms with Crippen LogP contribution in [0.15, 0.2) is 30.3 Å². The van der Waals surface area contributed by atoms with Crippen molar-refractivity contribution in [2.75, 3.05) is 46.5 Å². The number of carbonyl (C=O) groups is 1. The molecule has 10 heteroatoms. The van der Waals surface area contributed by atoms with Crippen molar-refractivity contribution in [3.8, 4) is 0 Å². The molecule has 0 radical (unpaired) electrons. The molecule has 0 saturated carbocycles. The normalized spacial score (nSPS) is 22.9. The predicted molar refractivity (Wildman–Crippen MR) is 124 cm³/mol. The number of likely N-dealkylation sites (tertiary alicyclic amines) is 1. The maximum absolute atomic E-state index is 13.5. The highest BCUT2D eigenvalue weighted by Gasteiger charge is 2.38. The Hall–Kier alpha value is -2.59. The van der Waals surface area contributed by atoms with Crippen molar-refractivity contribution in [1.82, 2.24) is 20.0 Å². The molecule has 2 aliphatic heterocycles. The summed E-state index contributed by atoms with van der Waals surface area (Å²) in [5.74, 6) is -0.144. The van der Waals surface area contributed by atoms with E-state index in [1.165, 1.54) is 12.1 Å². The van der Waals surface area contributed by atoms with E-state index in [9.17, 15) is 18.0 Å². The molecule has 1 aromatic heterocycles. The van der Waals surface area contributed by atoms with Gasteiger partial charge in [-0.05, 0) is 44.0 Å². The molecule has 4 rings (SSSR count). The van der Waals surface area contributed by atoms with Gasteiger partial charge in [0.2, 0.25) is 0 Å². The Bertz CT molecular complexity index is 1010. The van der Waals surface area contributed by atoms with Crippen LogP contribution in [0.25, 0.3) is 0 Å². The fraction of sp³-hybridized carbons (Fsp3) is 0.600. The van der Waals surface area contributed by atoms with Crippen LogP contribution in [-0.2, 0) is 22.1 Å². The largest absolute Gasteiger partial charge is 0.416 e. The number of hydrogen-bond acceptors (Lipinski definition) is 4. The maximum Gasteiger partial charge on any atom is 0.416 e. The molecule has 0 bridgehead atoms. The number of piperidine rings is 1. The summed E-state index contributed by atoms with van der Waals surface area (Å²) in [4.78, 5) is 17.2. The van der Waals surface area contributed by atoms with Crippen molar-refractivity contribution < 1.29 is 27.4 Å². The van der Waals surface area contributed by atoms with Gasteiger partial charge in [0.25, 0.3) is 0 Å². The summed E-state index contributed by atoms with van der Waals surface area (Å²) in [6.45, 7) is 6.91. The van der Waals surface area contributed by atoms with E-state index >= 15 is 0 Å². The van der Waals surface area contributed by atoms with Gasteiger partial charge in [-0.3, -0.25) is 5.10 Å². The summed E-state index contributed by atoms with van der Waals surface area (Å²) in [6, 6.07) is 7.23. The number of amides is 2. The molecule has 192 valence electrons. The van der Waals surface area contributed by atoms with E-state index < -0.39 is 17.3 Å². The number of halogens is 3. The van der Waals surface area contributed by atoms with E-state index in [2.05, 4.69) is 10.2 Å². The number of aromatic amines is 1. The van der Waals surface area contributed by atoms with Gasteiger partial charge in [-0.25, -0.2) is 4.79 Å². The Morgan fingerprint density at radius 3 is 2.57 bits per heavy atom. The van der Waals surface area contributed by atoms with Gasteiger partial charge in [0.15, 0.2) is 0 Å².